The van der Waals surface area contributed by atoms with Crippen LogP contribution in [0.3, 0.4) is 0 Å². The number of hydrogen-bond acceptors (Lipinski definition) is 4. The number of rotatable bonds is 1. The summed E-state index contributed by atoms with van der Waals surface area (Å²) in [6, 6.07) is 2.01. The molecule has 0 fully saturated rings. The molecule has 1 aliphatic rings. The standard InChI is InChI=1S/C9H8ClFO4S/c10-16(12,13)9-5-8-7(4-6(9)11)14-2-1-3-15-8/h4-5H,1-3H2. The smallest absolute Gasteiger partial charge is 0.264 e. The molecule has 1 aromatic rings. The summed E-state index contributed by atoms with van der Waals surface area (Å²) >= 11 is 0. The van der Waals surface area contributed by atoms with Crippen LogP contribution in [0.25, 0.3) is 0 Å². The predicted molar refractivity (Wildman–Crippen MR) is 55.0 cm³/mol. The highest BCUT2D eigenvalue weighted by molar-refractivity contribution is 8.13. The van der Waals surface area contributed by atoms with Crippen molar-refractivity contribution < 1.29 is 22.3 Å². The van der Waals surface area contributed by atoms with Crippen molar-refractivity contribution in [1.29, 1.82) is 0 Å². The molecule has 7 heteroatoms. The first-order valence-corrected chi connectivity index (χ1v) is 6.83. The molecule has 4 nitrogen and oxygen atoms in total. The lowest BCUT2D eigenvalue weighted by Crippen LogP contribution is -1.99. The van der Waals surface area contributed by atoms with Crippen molar-refractivity contribution in [1.82, 2.24) is 0 Å². The van der Waals surface area contributed by atoms with E-state index in [1.165, 1.54) is 0 Å². The third-order valence-electron chi connectivity index (χ3n) is 2.06. The van der Waals surface area contributed by atoms with Gasteiger partial charge in [-0.3, -0.25) is 0 Å². The van der Waals surface area contributed by atoms with Gasteiger partial charge in [-0.1, -0.05) is 0 Å². The molecule has 0 saturated heterocycles. The number of benzene rings is 1. The zero-order valence-electron chi connectivity index (χ0n) is 8.07. The quantitative estimate of drug-likeness (QED) is 0.729. The van der Waals surface area contributed by atoms with E-state index in [1.807, 2.05) is 0 Å². The van der Waals surface area contributed by atoms with Gasteiger partial charge in [-0.25, -0.2) is 12.8 Å². The van der Waals surface area contributed by atoms with Crippen LogP contribution in [0.5, 0.6) is 11.5 Å². The Balaban J connectivity index is 2.56. The van der Waals surface area contributed by atoms with Crippen molar-refractivity contribution >= 4 is 19.7 Å². The van der Waals surface area contributed by atoms with Crippen LogP contribution in [-0.4, -0.2) is 21.6 Å². The van der Waals surface area contributed by atoms with Gasteiger partial charge in [0.1, 0.15) is 10.7 Å². The van der Waals surface area contributed by atoms with Gasteiger partial charge in [-0.05, 0) is 0 Å². The van der Waals surface area contributed by atoms with Crippen LogP contribution in [0.15, 0.2) is 17.0 Å². The molecule has 0 bridgehead atoms. The van der Waals surface area contributed by atoms with Gasteiger partial charge in [-0.15, -0.1) is 0 Å². The minimum Gasteiger partial charge on any atom is -0.490 e. The lowest BCUT2D eigenvalue weighted by molar-refractivity contribution is 0.296. The van der Waals surface area contributed by atoms with E-state index in [4.69, 9.17) is 20.2 Å². The summed E-state index contributed by atoms with van der Waals surface area (Å²) in [7, 11) is 0.966. The second-order valence-corrected chi connectivity index (χ2v) is 5.75. The van der Waals surface area contributed by atoms with Gasteiger partial charge in [0.05, 0.1) is 13.2 Å². The van der Waals surface area contributed by atoms with E-state index in [-0.39, 0.29) is 11.5 Å². The van der Waals surface area contributed by atoms with Gasteiger partial charge >= 0.3 is 0 Å². The minimum atomic E-state index is -4.12. The normalized spacial score (nSPS) is 15.6. The van der Waals surface area contributed by atoms with Crippen molar-refractivity contribution in [3.05, 3.63) is 17.9 Å². The molecule has 0 radical (unpaired) electrons. The van der Waals surface area contributed by atoms with Crippen LogP contribution in [0, 0.1) is 5.82 Å². The van der Waals surface area contributed by atoms with Gasteiger partial charge in [0.15, 0.2) is 11.5 Å². The molecular formula is C9H8ClFO4S. The van der Waals surface area contributed by atoms with Crippen LogP contribution in [0.4, 0.5) is 4.39 Å². The van der Waals surface area contributed by atoms with E-state index in [1.54, 1.807) is 0 Å². The molecule has 0 amide bonds. The van der Waals surface area contributed by atoms with Crippen molar-refractivity contribution in [2.75, 3.05) is 13.2 Å². The molecule has 2 rings (SSSR count). The van der Waals surface area contributed by atoms with E-state index in [9.17, 15) is 12.8 Å². The highest BCUT2D eigenvalue weighted by Crippen LogP contribution is 2.34. The van der Waals surface area contributed by atoms with Crippen molar-refractivity contribution in [2.24, 2.45) is 0 Å². The molecule has 1 heterocycles. The topological polar surface area (TPSA) is 52.6 Å². The summed E-state index contributed by atoms with van der Waals surface area (Å²) in [5.41, 5.74) is 0. The zero-order valence-corrected chi connectivity index (χ0v) is 9.65. The molecule has 16 heavy (non-hydrogen) atoms. The highest BCUT2D eigenvalue weighted by atomic mass is 35.7. The second-order valence-electron chi connectivity index (χ2n) is 3.22. The van der Waals surface area contributed by atoms with E-state index in [0.29, 0.717) is 19.6 Å². The second kappa shape index (κ2) is 4.10. The fraction of sp³-hybridized carbons (Fsp3) is 0.333. The van der Waals surface area contributed by atoms with Gasteiger partial charge in [-0.2, -0.15) is 0 Å². The van der Waals surface area contributed by atoms with Crippen molar-refractivity contribution in [2.45, 2.75) is 11.3 Å². The summed E-state index contributed by atoms with van der Waals surface area (Å²) in [4.78, 5) is -0.599. The Kier molecular flexibility index (Phi) is 2.94. The fourth-order valence-electron chi connectivity index (χ4n) is 1.35. The Hall–Kier alpha value is -1.01. The van der Waals surface area contributed by atoms with Gasteiger partial charge in [0, 0.05) is 29.2 Å². The van der Waals surface area contributed by atoms with Crippen LogP contribution >= 0.6 is 10.7 Å². The molecule has 0 aliphatic carbocycles. The molecule has 0 unspecified atom stereocenters. The third kappa shape index (κ3) is 2.22. The number of halogens is 2. The Morgan fingerprint density at radius 3 is 2.31 bits per heavy atom. The highest BCUT2D eigenvalue weighted by Gasteiger charge is 2.21. The maximum atomic E-state index is 13.4. The van der Waals surface area contributed by atoms with Crippen LogP contribution < -0.4 is 9.47 Å². The Morgan fingerprint density at radius 2 is 1.75 bits per heavy atom. The zero-order chi connectivity index (χ0) is 11.8. The number of fused-ring (bicyclic) bond motifs is 1. The summed E-state index contributed by atoms with van der Waals surface area (Å²) in [5, 5.41) is 0. The molecule has 1 aliphatic heterocycles. The minimum absolute atomic E-state index is 0.193. The average molecular weight is 267 g/mol. The lowest BCUT2D eigenvalue weighted by Gasteiger charge is -2.08. The average Bonchev–Trinajstić information content (AvgIpc) is 2.39. The third-order valence-corrected chi connectivity index (χ3v) is 3.40. The fourth-order valence-corrected chi connectivity index (χ4v) is 2.25. The van der Waals surface area contributed by atoms with Crippen LogP contribution in [-0.2, 0) is 9.05 Å². The Morgan fingerprint density at radius 1 is 1.19 bits per heavy atom. The maximum Gasteiger partial charge on any atom is 0.264 e. The molecule has 0 saturated carbocycles. The summed E-state index contributed by atoms with van der Waals surface area (Å²) < 4.78 is 45.9. The first-order valence-electron chi connectivity index (χ1n) is 4.52. The van der Waals surface area contributed by atoms with Crippen molar-refractivity contribution in [3.63, 3.8) is 0 Å². The Labute approximate surface area is 96.3 Å². The van der Waals surface area contributed by atoms with Gasteiger partial charge in [0.25, 0.3) is 9.05 Å². The molecular weight excluding hydrogens is 259 g/mol. The molecule has 0 aromatic heterocycles. The maximum absolute atomic E-state index is 13.4. The first-order chi connectivity index (χ1) is 7.48. The first kappa shape index (κ1) is 11.5. The molecule has 0 spiro atoms. The van der Waals surface area contributed by atoms with E-state index >= 15 is 0 Å². The largest absolute Gasteiger partial charge is 0.490 e. The number of ether oxygens (including phenoxy) is 2. The summed E-state index contributed by atoms with van der Waals surface area (Å²) in [5.74, 6) is -0.559. The van der Waals surface area contributed by atoms with Gasteiger partial charge in [0.2, 0.25) is 0 Å². The molecule has 1 aromatic carbocycles. The predicted octanol–water partition coefficient (Wildman–Crippen LogP) is 1.91. The van der Waals surface area contributed by atoms with Crippen LogP contribution in [0.2, 0.25) is 0 Å². The van der Waals surface area contributed by atoms with Crippen LogP contribution in [0.1, 0.15) is 6.42 Å². The summed E-state index contributed by atoms with van der Waals surface area (Å²) in [6.07, 6.45) is 0.652. The molecule has 88 valence electrons. The van der Waals surface area contributed by atoms with E-state index < -0.39 is 19.8 Å². The monoisotopic (exact) mass is 266 g/mol. The number of hydrogen-bond donors (Lipinski definition) is 0. The van der Waals surface area contributed by atoms with E-state index in [2.05, 4.69) is 0 Å². The molecule has 0 N–H and O–H groups in total. The van der Waals surface area contributed by atoms with Gasteiger partial charge < -0.3 is 9.47 Å². The Bertz CT molecular complexity index is 514. The van der Waals surface area contributed by atoms with Crippen molar-refractivity contribution in [3.8, 4) is 11.5 Å². The molecule has 0 atom stereocenters. The SMILES string of the molecule is O=S(=O)(Cl)c1cc2c(cc1F)OCCCO2. The lowest BCUT2D eigenvalue weighted by atomic mass is 10.3. The van der Waals surface area contributed by atoms with E-state index in [0.717, 1.165) is 12.1 Å². The summed E-state index contributed by atoms with van der Waals surface area (Å²) in [6.45, 7) is 0.791.